The van der Waals surface area contributed by atoms with Gasteiger partial charge in [-0.05, 0) is 56.4 Å². The summed E-state index contributed by atoms with van der Waals surface area (Å²) in [6, 6.07) is 2.98. The van der Waals surface area contributed by atoms with Gasteiger partial charge >= 0.3 is 0 Å². The predicted octanol–water partition coefficient (Wildman–Crippen LogP) is 1.87. The van der Waals surface area contributed by atoms with Gasteiger partial charge in [-0.25, -0.2) is 13.6 Å². The molecule has 0 fully saturated rings. The van der Waals surface area contributed by atoms with Gasteiger partial charge in [0.1, 0.15) is 0 Å². The Bertz CT molecular complexity index is 705. The highest BCUT2D eigenvalue weighted by Crippen LogP contribution is 2.21. The molecule has 24 heavy (non-hydrogen) atoms. The molecule has 6 nitrogen and oxygen atoms in total. The Morgan fingerprint density at radius 1 is 1.29 bits per heavy atom. The van der Waals surface area contributed by atoms with Crippen molar-refractivity contribution < 1.29 is 13.2 Å². The second kappa shape index (κ2) is 8.29. The van der Waals surface area contributed by atoms with E-state index in [1.54, 1.807) is 19.9 Å². The molecule has 138 valence electrons. The summed E-state index contributed by atoms with van der Waals surface area (Å²) in [6.45, 7) is 9.69. The number of halogens is 1. The molecule has 0 bridgehead atoms. The molecule has 5 N–H and O–H groups in total. The van der Waals surface area contributed by atoms with E-state index in [0.29, 0.717) is 23.6 Å². The Balaban J connectivity index is 0.00000529. The zero-order valence-corrected chi connectivity index (χ0v) is 16.5. The van der Waals surface area contributed by atoms with Crippen molar-refractivity contribution >= 4 is 28.3 Å². The minimum Gasteiger partial charge on any atom is -0.346 e. The normalized spacial score (nSPS) is 14.0. The maximum Gasteiger partial charge on any atom is 0.251 e. The van der Waals surface area contributed by atoms with E-state index in [1.165, 1.54) is 6.07 Å². The summed E-state index contributed by atoms with van der Waals surface area (Å²) in [5.41, 5.74) is 6.76. The van der Waals surface area contributed by atoms with E-state index in [4.69, 9.17) is 10.9 Å². The van der Waals surface area contributed by atoms with Crippen molar-refractivity contribution in [1.29, 1.82) is 0 Å². The summed E-state index contributed by atoms with van der Waals surface area (Å²) in [4.78, 5) is 12.5. The number of primary sulfonamides is 1. The van der Waals surface area contributed by atoms with Gasteiger partial charge in [-0.15, -0.1) is 12.4 Å². The number of aryl methyl sites for hydroxylation is 1. The van der Waals surface area contributed by atoms with Crippen LogP contribution in [0.2, 0.25) is 0 Å². The van der Waals surface area contributed by atoms with Gasteiger partial charge in [-0.3, -0.25) is 4.79 Å². The molecule has 0 saturated carbocycles. The monoisotopic (exact) mass is 377 g/mol. The van der Waals surface area contributed by atoms with Crippen LogP contribution in [-0.2, 0) is 10.0 Å². The molecule has 0 aliphatic heterocycles. The first-order valence-corrected chi connectivity index (χ1v) is 9.11. The molecule has 0 saturated heterocycles. The van der Waals surface area contributed by atoms with Crippen molar-refractivity contribution in [2.45, 2.75) is 51.5 Å². The molecule has 1 atom stereocenters. The molecule has 0 aromatic heterocycles. The third-order valence-electron chi connectivity index (χ3n) is 3.91. The van der Waals surface area contributed by atoms with E-state index in [9.17, 15) is 13.2 Å². The SMILES string of the molecule is Cc1cc(C(=O)NC(C)(CN)CC(C)C)cc(S(N)(=O)=O)c1C.Cl. The van der Waals surface area contributed by atoms with Crippen molar-refractivity contribution in [3.8, 4) is 0 Å². The number of hydrogen-bond donors (Lipinski definition) is 3. The highest BCUT2D eigenvalue weighted by molar-refractivity contribution is 7.89. The fourth-order valence-corrected chi connectivity index (χ4v) is 3.57. The topological polar surface area (TPSA) is 115 Å². The van der Waals surface area contributed by atoms with Gasteiger partial charge in [-0.1, -0.05) is 13.8 Å². The molecule has 1 aromatic carbocycles. The smallest absolute Gasteiger partial charge is 0.251 e. The van der Waals surface area contributed by atoms with Crippen LogP contribution in [0.3, 0.4) is 0 Å². The number of carbonyl (C=O) groups excluding carboxylic acids is 1. The molecule has 0 aliphatic carbocycles. The van der Waals surface area contributed by atoms with Crippen LogP contribution in [0.4, 0.5) is 0 Å². The van der Waals surface area contributed by atoms with Crippen molar-refractivity contribution in [1.82, 2.24) is 5.32 Å². The van der Waals surface area contributed by atoms with Gasteiger partial charge in [0.2, 0.25) is 10.0 Å². The number of benzene rings is 1. The van der Waals surface area contributed by atoms with Gasteiger partial charge in [0.05, 0.1) is 4.90 Å². The second-order valence-corrected chi connectivity index (χ2v) is 8.31. The lowest BCUT2D eigenvalue weighted by Gasteiger charge is -2.31. The lowest BCUT2D eigenvalue weighted by molar-refractivity contribution is 0.0898. The van der Waals surface area contributed by atoms with Crippen LogP contribution in [0.5, 0.6) is 0 Å². The molecule has 0 radical (unpaired) electrons. The summed E-state index contributed by atoms with van der Waals surface area (Å²) in [5, 5.41) is 8.15. The van der Waals surface area contributed by atoms with Crippen molar-refractivity contribution in [2.24, 2.45) is 16.8 Å². The molecular weight excluding hydrogens is 350 g/mol. The zero-order valence-electron chi connectivity index (χ0n) is 14.8. The van der Waals surface area contributed by atoms with Gasteiger partial charge in [-0.2, -0.15) is 0 Å². The second-order valence-electron chi connectivity index (χ2n) is 6.78. The first-order chi connectivity index (χ1) is 10.4. The Kier molecular flexibility index (Phi) is 7.89. The number of sulfonamides is 1. The maximum absolute atomic E-state index is 12.5. The highest BCUT2D eigenvalue weighted by atomic mass is 35.5. The molecule has 1 rings (SSSR count). The van der Waals surface area contributed by atoms with Gasteiger partial charge in [0, 0.05) is 17.6 Å². The Morgan fingerprint density at radius 3 is 2.25 bits per heavy atom. The maximum atomic E-state index is 12.5. The number of hydrogen-bond acceptors (Lipinski definition) is 4. The third-order valence-corrected chi connectivity index (χ3v) is 4.95. The van der Waals surface area contributed by atoms with E-state index in [-0.39, 0.29) is 28.8 Å². The average Bonchev–Trinajstić information content (AvgIpc) is 2.39. The van der Waals surface area contributed by atoms with E-state index in [0.717, 1.165) is 6.42 Å². The van der Waals surface area contributed by atoms with Crippen molar-refractivity contribution in [3.63, 3.8) is 0 Å². The standard InChI is InChI=1S/C16H27N3O3S.ClH/c1-10(2)8-16(5,9-17)19-15(20)13-6-11(3)12(4)14(7-13)23(18,21)22;/h6-7,10H,8-9,17H2,1-5H3,(H,19,20)(H2,18,21,22);1H. The van der Waals surface area contributed by atoms with Gasteiger partial charge in [0.15, 0.2) is 0 Å². The summed E-state index contributed by atoms with van der Waals surface area (Å²) in [6.07, 6.45) is 0.724. The van der Waals surface area contributed by atoms with Crippen LogP contribution in [0, 0.1) is 19.8 Å². The molecule has 8 heteroatoms. The number of amides is 1. The van der Waals surface area contributed by atoms with Crippen LogP contribution < -0.4 is 16.2 Å². The van der Waals surface area contributed by atoms with E-state index < -0.39 is 15.6 Å². The summed E-state index contributed by atoms with van der Waals surface area (Å²) >= 11 is 0. The Morgan fingerprint density at radius 2 is 1.83 bits per heavy atom. The quantitative estimate of drug-likeness (QED) is 0.701. The van der Waals surface area contributed by atoms with Crippen LogP contribution >= 0.6 is 12.4 Å². The largest absolute Gasteiger partial charge is 0.346 e. The van der Waals surface area contributed by atoms with E-state index in [2.05, 4.69) is 19.2 Å². The number of carbonyl (C=O) groups is 1. The molecule has 0 heterocycles. The van der Waals surface area contributed by atoms with Gasteiger partial charge in [0.25, 0.3) is 5.91 Å². The van der Waals surface area contributed by atoms with Crippen LogP contribution in [0.15, 0.2) is 17.0 Å². The number of nitrogens with one attached hydrogen (secondary N) is 1. The lowest BCUT2D eigenvalue weighted by atomic mass is 9.90. The number of nitrogens with two attached hydrogens (primary N) is 2. The lowest BCUT2D eigenvalue weighted by Crippen LogP contribution is -2.52. The fourth-order valence-electron chi connectivity index (χ4n) is 2.69. The van der Waals surface area contributed by atoms with Crippen LogP contribution in [-0.4, -0.2) is 26.4 Å². The fraction of sp³-hybridized carbons (Fsp3) is 0.562. The van der Waals surface area contributed by atoms with E-state index >= 15 is 0 Å². The highest BCUT2D eigenvalue weighted by Gasteiger charge is 2.27. The van der Waals surface area contributed by atoms with Crippen molar-refractivity contribution in [3.05, 3.63) is 28.8 Å². The molecule has 0 spiro atoms. The zero-order chi connectivity index (χ0) is 18.0. The Hall–Kier alpha value is -1.15. The molecule has 1 aromatic rings. The molecule has 1 unspecified atom stereocenters. The molecule has 0 aliphatic rings. The minimum atomic E-state index is -3.88. The third kappa shape index (κ3) is 5.73. The van der Waals surface area contributed by atoms with Crippen LogP contribution in [0.1, 0.15) is 48.7 Å². The minimum absolute atomic E-state index is 0. The van der Waals surface area contributed by atoms with Crippen molar-refractivity contribution in [2.75, 3.05) is 6.54 Å². The summed E-state index contributed by atoms with van der Waals surface area (Å²) in [7, 11) is -3.88. The van der Waals surface area contributed by atoms with Gasteiger partial charge < -0.3 is 11.1 Å². The predicted molar refractivity (Wildman–Crippen MR) is 98.9 cm³/mol. The molecule has 1 amide bonds. The van der Waals surface area contributed by atoms with E-state index in [1.807, 2.05) is 6.92 Å². The average molecular weight is 378 g/mol. The first-order valence-electron chi connectivity index (χ1n) is 7.56. The molecular formula is C16H28ClN3O3S. The first kappa shape index (κ1) is 22.9. The number of rotatable bonds is 6. The van der Waals surface area contributed by atoms with Crippen LogP contribution in [0.25, 0.3) is 0 Å². The summed E-state index contributed by atoms with van der Waals surface area (Å²) in [5.74, 6) is 0.00943. The summed E-state index contributed by atoms with van der Waals surface area (Å²) < 4.78 is 23.4. The Labute approximate surface area is 150 Å².